The zero-order chi connectivity index (χ0) is 16.7. The van der Waals surface area contributed by atoms with E-state index in [9.17, 15) is 9.59 Å². The molecule has 0 unspecified atom stereocenters. The van der Waals surface area contributed by atoms with E-state index in [0.717, 1.165) is 29.2 Å². The standard InChI is InChI=1S/C13H12N4O4S2/c18-9(19)6-22-12-15-11(14-8-4-2-1-3-5-8)16-13(17-12)23-7-10(20)21/h1-5H,6-7H2,(H,18,19)(H,20,21)(H,14,15,16,17). The molecule has 0 spiro atoms. The number of anilines is 2. The van der Waals surface area contributed by atoms with Crippen LogP contribution in [-0.4, -0.2) is 48.6 Å². The number of carboxylic acids is 2. The predicted molar refractivity (Wildman–Crippen MR) is 86.3 cm³/mol. The highest BCUT2D eigenvalue weighted by molar-refractivity contribution is 8.00. The number of rotatable bonds is 8. The third kappa shape index (κ3) is 6.12. The molecule has 1 aromatic heterocycles. The van der Waals surface area contributed by atoms with E-state index < -0.39 is 11.9 Å². The fourth-order valence-corrected chi connectivity index (χ4v) is 2.59. The second-order valence-corrected chi connectivity index (χ2v) is 5.97. The average Bonchev–Trinajstić information content (AvgIpc) is 2.52. The topological polar surface area (TPSA) is 125 Å². The van der Waals surface area contributed by atoms with Gasteiger partial charge in [0.15, 0.2) is 10.3 Å². The van der Waals surface area contributed by atoms with Crippen LogP contribution in [0.4, 0.5) is 11.6 Å². The molecule has 1 aromatic carbocycles. The van der Waals surface area contributed by atoms with Gasteiger partial charge in [-0.05, 0) is 12.1 Å². The van der Waals surface area contributed by atoms with Crippen LogP contribution < -0.4 is 5.32 Å². The lowest BCUT2D eigenvalue weighted by molar-refractivity contribution is -0.134. The fraction of sp³-hybridized carbons (Fsp3) is 0.154. The quantitative estimate of drug-likeness (QED) is 0.607. The number of thioether (sulfide) groups is 2. The number of aliphatic carboxylic acids is 2. The molecule has 0 amide bonds. The number of nitrogens with zero attached hydrogens (tertiary/aromatic N) is 3. The maximum Gasteiger partial charge on any atom is 0.313 e. The summed E-state index contributed by atoms with van der Waals surface area (Å²) in [6, 6.07) is 9.17. The second kappa shape index (κ2) is 8.34. The van der Waals surface area contributed by atoms with Gasteiger partial charge in [-0.1, -0.05) is 41.7 Å². The summed E-state index contributed by atoms with van der Waals surface area (Å²) >= 11 is 1.88. The molecule has 3 N–H and O–H groups in total. The Morgan fingerprint density at radius 1 is 0.913 bits per heavy atom. The summed E-state index contributed by atoms with van der Waals surface area (Å²) in [5.41, 5.74) is 0.752. The number of hydrogen-bond donors (Lipinski definition) is 3. The Balaban J connectivity index is 2.20. The van der Waals surface area contributed by atoms with Gasteiger partial charge >= 0.3 is 11.9 Å². The highest BCUT2D eigenvalue weighted by Crippen LogP contribution is 2.21. The minimum absolute atomic E-state index is 0.197. The lowest BCUT2D eigenvalue weighted by Crippen LogP contribution is -2.06. The van der Waals surface area contributed by atoms with Crippen LogP contribution in [0.2, 0.25) is 0 Å². The first-order chi connectivity index (χ1) is 11.0. The van der Waals surface area contributed by atoms with Crippen molar-refractivity contribution in [2.45, 2.75) is 10.3 Å². The maximum absolute atomic E-state index is 10.7. The smallest absolute Gasteiger partial charge is 0.313 e. The van der Waals surface area contributed by atoms with Crippen molar-refractivity contribution in [3.63, 3.8) is 0 Å². The minimum atomic E-state index is -0.993. The van der Waals surface area contributed by atoms with Crippen LogP contribution in [0.15, 0.2) is 40.6 Å². The largest absolute Gasteiger partial charge is 0.481 e. The molecule has 2 aromatic rings. The summed E-state index contributed by atoms with van der Waals surface area (Å²) in [7, 11) is 0. The summed E-state index contributed by atoms with van der Waals surface area (Å²) in [4.78, 5) is 33.6. The molecule has 2 rings (SSSR count). The van der Waals surface area contributed by atoms with E-state index in [1.165, 1.54) is 0 Å². The highest BCUT2D eigenvalue weighted by Gasteiger charge is 2.11. The normalized spacial score (nSPS) is 10.3. The van der Waals surface area contributed by atoms with Crippen molar-refractivity contribution in [2.24, 2.45) is 0 Å². The summed E-state index contributed by atoms with van der Waals surface area (Å²) < 4.78 is 0. The zero-order valence-electron chi connectivity index (χ0n) is 11.7. The Bertz CT molecular complexity index is 663. The molecular formula is C13H12N4O4S2. The van der Waals surface area contributed by atoms with Crippen LogP contribution in [0.1, 0.15) is 0 Å². The molecule has 0 aliphatic heterocycles. The molecule has 120 valence electrons. The monoisotopic (exact) mass is 352 g/mol. The molecule has 10 heteroatoms. The van der Waals surface area contributed by atoms with Gasteiger partial charge in [0.1, 0.15) is 0 Å². The van der Waals surface area contributed by atoms with Gasteiger partial charge < -0.3 is 15.5 Å². The third-order valence-electron chi connectivity index (χ3n) is 2.27. The Labute approximate surface area is 139 Å². The molecule has 0 radical (unpaired) electrons. The van der Waals surface area contributed by atoms with Gasteiger partial charge in [0, 0.05) is 5.69 Å². The zero-order valence-corrected chi connectivity index (χ0v) is 13.3. The van der Waals surface area contributed by atoms with Gasteiger partial charge in [0.05, 0.1) is 11.5 Å². The summed E-state index contributed by atoms with van der Waals surface area (Å²) in [5.74, 6) is -2.15. The van der Waals surface area contributed by atoms with E-state index in [1.807, 2.05) is 30.3 Å². The van der Waals surface area contributed by atoms with E-state index in [0.29, 0.717) is 0 Å². The van der Waals surface area contributed by atoms with Gasteiger partial charge in [-0.2, -0.15) is 15.0 Å². The molecular weight excluding hydrogens is 340 g/mol. The number of carboxylic acid groups (broad SMARTS) is 2. The van der Waals surface area contributed by atoms with Crippen LogP contribution >= 0.6 is 23.5 Å². The van der Waals surface area contributed by atoms with E-state index in [-0.39, 0.29) is 27.8 Å². The Morgan fingerprint density at radius 2 is 1.43 bits per heavy atom. The van der Waals surface area contributed by atoms with Crippen LogP contribution in [0, 0.1) is 0 Å². The molecule has 0 aliphatic carbocycles. The number of benzene rings is 1. The number of hydrogen-bond acceptors (Lipinski definition) is 8. The summed E-state index contributed by atoms with van der Waals surface area (Å²) in [6.07, 6.45) is 0. The van der Waals surface area contributed by atoms with Crippen molar-refractivity contribution in [3.8, 4) is 0 Å². The van der Waals surface area contributed by atoms with Gasteiger partial charge in [-0.3, -0.25) is 9.59 Å². The summed E-state index contributed by atoms with van der Waals surface area (Å²) in [5, 5.41) is 20.9. The first-order valence-electron chi connectivity index (χ1n) is 6.30. The number of carbonyl (C=O) groups is 2. The van der Waals surface area contributed by atoms with Crippen molar-refractivity contribution in [1.82, 2.24) is 15.0 Å². The molecule has 0 atom stereocenters. The van der Waals surface area contributed by atoms with Crippen molar-refractivity contribution < 1.29 is 19.8 Å². The Morgan fingerprint density at radius 3 is 1.91 bits per heavy atom. The second-order valence-electron chi connectivity index (χ2n) is 4.08. The van der Waals surface area contributed by atoms with Crippen molar-refractivity contribution in [2.75, 3.05) is 16.8 Å². The molecule has 0 saturated carbocycles. The van der Waals surface area contributed by atoms with Gasteiger partial charge in [-0.25, -0.2) is 0 Å². The van der Waals surface area contributed by atoms with Crippen LogP contribution in [-0.2, 0) is 9.59 Å². The molecule has 8 nitrogen and oxygen atoms in total. The van der Waals surface area contributed by atoms with E-state index in [2.05, 4.69) is 20.3 Å². The number of nitrogens with one attached hydrogen (secondary N) is 1. The van der Waals surface area contributed by atoms with E-state index in [1.54, 1.807) is 0 Å². The first-order valence-corrected chi connectivity index (χ1v) is 8.27. The maximum atomic E-state index is 10.7. The van der Waals surface area contributed by atoms with Crippen LogP contribution in [0.5, 0.6) is 0 Å². The van der Waals surface area contributed by atoms with Gasteiger partial charge in [-0.15, -0.1) is 0 Å². The highest BCUT2D eigenvalue weighted by atomic mass is 32.2. The van der Waals surface area contributed by atoms with Crippen LogP contribution in [0.3, 0.4) is 0 Å². The Hall–Kier alpha value is -2.33. The third-order valence-corrected chi connectivity index (χ3v) is 3.94. The fourth-order valence-electron chi connectivity index (χ4n) is 1.43. The number of para-hydroxylation sites is 1. The lowest BCUT2D eigenvalue weighted by Gasteiger charge is -2.07. The van der Waals surface area contributed by atoms with E-state index >= 15 is 0 Å². The van der Waals surface area contributed by atoms with Crippen molar-refractivity contribution in [3.05, 3.63) is 30.3 Å². The average molecular weight is 352 g/mol. The van der Waals surface area contributed by atoms with Crippen molar-refractivity contribution in [1.29, 1.82) is 0 Å². The van der Waals surface area contributed by atoms with Gasteiger partial charge in [0.2, 0.25) is 5.95 Å². The first kappa shape index (κ1) is 17.0. The van der Waals surface area contributed by atoms with E-state index in [4.69, 9.17) is 10.2 Å². The number of aromatic nitrogens is 3. The molecule has 1 heterocycles. The molecule has 0 bridgehead atoms. The molecule has 0 fully saturated rings. The molecule has 23 heavy (non-hydrogen) atoms. The van der Waals surface area contributed by atoms with Crippen LogP contribution in [0.25, 0.3) is 0 Å². The minimum Gasteiger partial charge on any atom is -0.481 e. The summed E-state index contributed by atoms with van der Waals surface area (Å²) in [6.45, 7) is 0. The Kier molecular flexibility index (Phi) is 6.18. The SMILES string of the molecule is O=C(O)CSc1nc(Nc2ccccc2)nc(SCC(=O)O)n1. The van der Waals surface area contributed by atoms with Crippen molar-refractivity contribution >= 4 is 47.1 Å². The molecule has 0 aliphatic rings. The lowest BCUT2D eigenvalue weighted by atomic mass is 10.3. The molecule has 0 saturated heterocycles. The predicted octanol–water partition coefficient (Wildman–Crippen LogP) is 1.97. The van der Waals surface area contributed by atoms with Gasteiger partial charge in [0.25, 0.3) is 0 Å².